The second-order valence-corrected chi connectivity index (χ2v) is 23.6. The lowest BCUT2D eigenvalue weighted by atomic mass is 9.85. The topological polar surface area (TPSA) is 215 Å². The molecular formula is C57H68FN11O6S. The first-order valence-corrected chi connectivity index (χ1v) is 27.8. The molecule has 3 aliphatic heterocycles. The van der Waals surface area contributed by atoms with Crippen molar-refractivity contribution in [3.63, 3.8) is 0 Å². The Bertz CT molecular complexity index is 3120. The largest absolute Gasteiger partial charge is 0.507 e. The van der Waals surface area contributed by atoms with Crippen molar-refractivity contribution in [2.45, 2.75) is 153 Å². The van der Waals surface area contributed by atoms with Gasteiger partial charge in [0.25, 0.3) is 5.91 Å². The standard InChI is InChI=1S/C57H68FN11O6S/c1-32-49(76-31-62-32)35-10-11-36(27-59-52(72)45-25-39(70)30-69(45)53(73)50(56(3,4)5)64-54(74)57(58)19-20-57)47(24-35)75-40-14-12-38(13-15-40)67-21-16-34(17-22-67)37-28-60-55(61-29-37)68-23-18-43-48(33(68)2)42-26-44(65-66-51(42)63-43)41-8-6-7-9-46(41)71/h6-11,24,26,28-29,31,33-34,38-40,45,50,70-71H,12-23,25,27,30H2,1-5H3,(H,59,72)(H,63,66)(H,64,74)/t33-,38-,39-,40-,45+,50-/m1/s1. The predicted octanol–water partition coefficient (Wildman–Crippen LogP) is 7.86. The highest BCUT2D eigenvalue weighted by Crippen LogP contribution is 2.42. The van der Waals surface area contributed by atoms with Crippen LogP contribution in [0.15, 0.2) is 66.4 Å². The molecule has 0 spiro atoms. The van der Waals surface area contributed by atoms with E-state index in [0.29, 0.717) is 34.9 Å². The summed E-state index contributed by atoms with van der Waals surface area (Å²) in [7, 11) is 0. The van der Waals surface area contributed by atoms with Gasteiger partial charge >= 0.3 is 0 Å². The quantitative estimate of drug-likeness (QED) is 0.0746. The Kier molecular flexibility index (Phi) is 14.1. The van der Waals surface area contributed by atoms with Crippen LogP contribution in [0.25, 0.3) is 32.7 Å². The number of thiazole rings is 1. The van der Waals surface area contributed by atoms with E-state index in [0.717, 1.165) is 109 Å². The molecule has 7 heterocycles. The average molecular weight is 1050 g/mol. The van der Waals surface area contributed by atoms with E-state index in [2.05, 4.69) is 47.5 Å². The number of hydrogen-bond donors (Lipinski definition) is 5. The van der Waals surface area contributed by atoms with Crippen LogP contribution in [0.1, 0.15) is 126 Å². The number of carbonyl (C=O) groups excluding carboxylic acids is 3. The number of rotatable bonds is 13. The van der Waals surface area contributed by atoms with Crippen molar-refractivity contribution in [3.8, 4) is 33.2 Å². The Morgan fingerprint density at radius 2 is 1.72 bits per heavy atom. The lowest BCUT2D eigenvalue weighted by Crippen LogP contribution is -2.59. The first-order chi connectivity index (χ1) is 36.5. The number of phenolic OH excluding ortho intramolecular Hbond substituents is 1. The number of ether oxygens (including phenoxy) is 1. The lowest BCUT2D eigenvalue weighted by molar-refractivity contribution is -0.145. The summed E-state index contributed by atoms with van der Waals surface area (Å²) in [6.07, 6.45) is 10.1. The van der Waals surface area contributed by atoms with Gasteiger partial charge in [-0.3, -0.25) is 14.4 Å². The third-order valence-electron chi connectivity index (χ3n) is 16.6. The third-order valence-corrected chi connectivity index (χ3v) is 17.6. The van der Waals surface area contributed by atoms with Gasteiger partial charge < -0.3 is 45.3 Å². The van der Waals surface area contributed by atoms with Gasteiger partial charge in [-0.2, -0.15) is 0 Å². The number of halogens is 1. The number of alkyl halides is 1. The number of aromatic nitrogens is 6. The zero-order valence-corrected chi connectivity index (χ0v) is 44.7. The number of para-hydroxylation sites is 1. The molecular weight excluding hydrogens is 986 g/mol. The van der Waals surface area contributed by atoms with Gasteiger partial charge in [-0.1, -0.05) is 45.0 Å². The highest BCUT2D eigenvalue weighted by molar-refractivity contribution is 7.13. The van der Waals surface area contributed by atoms with Gasteiger partial charge in [-0.15, -0.1) is 21.5 Å². The van der Waals surface area contributed by atoms with Crippen LogP contribution < -0.4 is 20.3 Å². The van der Waals surface area contributed by atoms with Crippen LogP contribution in [0.5, 0.6) is 11.5 Å². The molecule has 19 heteroatoms. The number of aliphatic hydroxyl groups is 1. The number of carbonyl (C=O) groups is 3. The SMILES string of the molecule is Cc1ncsc1-c1ccc(CNC(=O)[C@@H]2C[C@@H](O)CN2C(=O)[C@@H](NC(=O)C2(F)CC2)C(C)(C)C)c(O[C@H]2CC[C@H](N3CCC(c4cnc(N5CCc6[nH]c7nnc(-c8ccccc8O)cc7c6[C@H]5C)nc4)CC3)CC2)c1. The molecule has 5 aliphatic rings. The van der Waals surface area contributed by atoms with E-state index < -0.39 is 47.0 Å². The van der Waals surface area contributed by atoms with Crippen LogP contribution in [0.4, 0.5) is 10.3 Å². The number of piperidine rings is 1. The summed E-state index contributed by atoms with van der Waals surface area (Å²) in [6, 6.07) is 13.6. The van der Waals surface area contributed by atoms with Crippen molar-refractivity contribution in [2.24, 2.45) is 5.41 Å². The van der Waals surface area contributed by atoms with E-state index in [4.69, 9.17) is 14.7 Å². The summed E-state index contributed by atoms with van der Waals surface area (Å²) in [4.78, 5) is 66.0. The number of fused-ring (bicyclic) bond motifs is 3. The maximum atomic E-state index is 14.7. The number of likely N-dealkylation sites (tertiary alicyclic amines) is 2. The zero-order chi connectivity index (χ0) is 53.0. The van der Waals surface area contributed by atoms with Gasteiger partial charge in [-0.25, -0.2) is 19.3 Å². The van der Waals surface area contributed by atoms with E-state index in [-0.39, 0.29) is 50.2 Å². The summed E-state index contributed by atoms with van der Waals surface area (Å²) in [5, 5.41) is 36.8. The molecule has 3 amide bonds. The second kappa shape index (κ2) is 20.8. The van der Waals surface area contributed by atoms with E-state index in [1.54, 1.807) is 44.2 Å². The molecule has 17 nitrogen and oxygen atoms in total. The fraction of sp³-hybridized carbons (Fsp3) is 0.509. The van der Waals surface area contributed by atoms with Crippen LogP contribution >= 0.6 is 11.3 Å². The van der Waals surface area contributed by atoms with E-state index in [1.807, 2.05) is 61.2 Å². The van der Waals surface area contributed by atoms with Gasteiger partial charge in [-0.05, 0) is 125 Å². The summed E-state index contributed by atoms with van der Waals surface area (Å²) < 4.78 is 21.6. The number of benzene rings is 2. The number of H-pyrrole nitrogens is 1. The Balaban J connectivity index is 0.697. The van der Waals surface area contributed by atoms with Crippen LogP contribution in [0, 0.1) is 12.3 Å². The number of nitrogens with one attached hydrogen (secondary N) is 3. The number of aryl methyl sites for hydroxylation is 1. The fourth-order valence-corrected chi connectivity index (χ4v) is 12.8. The molecule has 0 bridgehead atoms. The molecule has 2 saturated carbocycles. The summed E-state index contributed by atoms with van der Waals surface area (Å²) >= 11 is 1.56. The molecule has 6 aromatic rings. The molecule has 4 atom stereocenters. The van der Waals surface area contributed by atoms with E-state index >= 15 is 0 Å². The van der Waals surface area contributed by atoms with Gasteiger partial charge in [0.05, 0.1) is 40.0 Å². The Morgan fingerprint density at radius 3 is 2.42 bits per heavy atom. The summed E-state index contributed by atoms with van der Waals surface area (Å²) in [6.45, 7) is 12.4. The molecule has 0 radical (unpaired) electrons. The minimum absolute atomic E-state index is 0.00311. The molecule has 5 N–H and O–H groups in total. The minimum Gasteiger partial charge on any atom is -0.507 e. The Hall–Kier alpha value is -6.57. The van der Waals surface area contributed by atoms with Crippen molar-refractivity contribution < 1.29 is 33.7 Å². The molecule has 4 aromatic heterocycles. The Morgan fingerprint density at radius 1 is 0.974 bits per heavy atom. The number of aliphatic hydroxyl groups excluding tert-OH is 1. The third kappa shape index (κ3) is 10.4. The molecule has 11 rings (SSSR count). The summed E-state index contributed by atoms with van der Waals surface area (Å²) in [5.74, 6) is 0.188. The van der Waals surface area contributed by atoms with Crippen molar-refractivity contribution in [2.75, 3.05) is 31.1 Å². The molecule has 2 saturated heterocycles. The first kappa shape index (κ1) is 51.5. The highest BCUT2D eigenvalue weighted by Gasteiger charge is 2.53. The summed E-state index contributed by atoms with van der Waals surface area (Å²) in [5.41, 5.74) is 7.26. The average Bonchev–Trinajstić information content (AvgIpc) is 3.67. The van der Waals surface area contributed by atoms with Crippen molar-refractivity contribution in [1.29, 1.82) is 0 Å². The van der Waals surface area contributed by atoms with Crippen molar-refractivity contribution in [1.82, 2.24) is 50.6 Å². The molecule has 0 unspecified atom stereocenters. The smallest absolute Gasteiger partial charge is 0.258 e. The zero-order valence-electron chi connectivity index (χ0n) is 43.9. The molecule has 400 valence electrons. The maximum Gasteiger partial charge on any atom is 0.258 e. The number of anilines is 1. The van der Waals surface area contributed by atoms with Gasteiger partial charge in [0.2, 0.25) is 17.8 Å². The van der Waals surface area contributed by atoms with Gasteiger partial charge in [0.1, 0.15) is 23.6 Å². The number of aromatic amines is 1. The van der Waals surface area contributed by atoms with Crippen molar-refractivity contribution in [3.05, 3.63) is 94.5 Å². The van der Waals surface area contributed by atoms with Crippen LogP contribution in [0.2, 0.25) is 0 Å². The fourth-order valence-electron chi connectivity index (χ4n) is 12.0. The van der Waals surface area contributed by atoms with Gasteiger partial charge in [0.15, 0.2) is 11.3 Å². The second-order valence-electron chi connectivity index (χ2n) is 22.8. The predicted molar refractivity (Wildman–Crippen MR) is 287 cm³/mol. The van der Waals surface area contributed by atoms with Crippen LogP contribution in [-0.2, 0) is 27.3 Å². The van der Waals surface area contributed by atoms with Crippen LogP contribution in [0.3, 0.4) is 0 Å². The number of hydrogen-bond acceptors (Lipinski definition) is 14. The lowest BCUT2D eigenvalue weighted by Gasteiger charge is -2.41. The number of phenols is 1. The van der Waals surface area contributed by atoms with E-state index in [9.17, 15) is 29.0 Å². The molecule has 2 aliphatic carbocycles. The minimum atomic E-state index is -1.97. The van der Waals surface area contributed by atoms with Gasteiger partial charge in [0, 0.05) is 78.7 Å². The number of amides is 3. The normalized spacial score (nSPS) is 23.3. The molecule has 4 fully saturated rings. The highest BCUT2D eigenvalue weighted by atomic mass is 32.1. The first-order valence-electron chi connectivity index (χ1n) is 27.0. The molecule has 76 heavy (non-hydrogen) atoms. The number of aromatic hydroxyl groups is 1. The van der Waals surface area contributed by atoms with E-state index in [1.165, 1.54) is 10.5 Å². The monoisotopic (exact) mass is 1050 g/mol. The number of β-amino-alcohol motifs (C(OH)–C–C–N with tert-alkyl or cyclic N) is 1. The maximum absolute atomic E-state index is 14.7. The molecule has 2 aromatic carbocycles. The van der Waals surface area contributed by atoms with Crippen molar-refractivity contribution >= 4 is 46.0 Å². The number of nitrogens with zero attached hydrogens (tertiary/aromatic N) is 8. The Labute approximate surface area is 446 Å². The van der Waals surface area contributed by atoms with Crippen LogP contribution in [-0.4, -0.2) is 130 Å².